The Morgan fingerprint density at radius 3 is 2.68 bits per heavy atom. The van der Waals surface area contributed by atoms with Crippen molar-refractivity contribution in [3.63, 3.8) is 0 Å². The van der Waals surface area contributed by atoms with Crippen molar-refractivity contribution in [1.29, 1.82) is 0 Å². The number of furan rings is 1. The molecular formula is C16H24IN5O2S. The van der Waals surface area contributed by atoms with Gasteiger partial charge < -0.3 is 20.8 Å². The predicted octanol–water partition coefficient (Wildman–Crippen LogP) is 2.37. The number of carbonyl (C=O) groups is 1. The zero-order valence-corrected chi connectivity index (χ0v) is 17.7. The Labute approximate surface area is 168 Å². The fourth-order valence-corrected chi connectivity index (χ4v) is 2.96. The highest BCUT2D eigenvalue weighted by Crippen LogP contribution is 2.16. The minimum absolute atomic E-state index is 0. The molecule has 0 unspecified atom stereocenters. The van der Waals surface area contributed by atoms with E-state index in [4.69, 9.17) is 10.2 Å². The number of hydrogen-bond acceptors (Lipinski definition) is 5. The molecule has 2 aromatic rings. The third-order valence-corrected chi connectivity index (χ3v) is 4.48. The average Bonchev–Trinajstić information content (AvgIpc) is 3.12. The topological polar surface area (TPSA) is 106 Å². The van der Waals surface area contributed by atoms with Gasteiger partial charge in [0.05, 0.1) is 10.7 Å². The van der Waals surface area contributed by atoms with Crippen molar-refractivity contribution >= 4 is 47.2 Å². The molecule has 0 aliphatic heterocycles. The lowest BCUT2D eigenvalue weighted by Crippen LogP contribution is -2.38. The molecule has 2 heterocycles. The third-order valence-electron chi connectivity index (χ3n) is 3.35. The summed E-state index contributed by atoms with van der Waals surface area (Å²) < 4.78 is 5.32. The van der Waals surface area contributed by atoms with E-state index in [0.717, 1.165) is 30.2 Å². The minimum Gasteiger partial charge on any atom is -0.454 e. The first kappa shape index (κ1) is 21.4. The maximum Gasteiger partial charge on any atom is 0.284 e. The van der Waals surface area contributed by atoms with Crippen LogP contribution in [0.1, 0.15) is 38.8 Å². The summed E-state index contributed by atoms with van der Waals surface area (Å²) in [7, 11) is 0. The van der Waals surface area contributed by atoms with Crippen molar-refractivity contribution in [2.75, 3.05) is 13.1 Å². The lowest BCUT2D eigenvalue weighted by Gasteiger charge is -2.10. The Morgan fingerprint density at radius 2 is 2.12 bits per heavy atom. The van der Waals surface area contributed by atoms with Crippen molar-refractivity contribution in [2.24, 2.45) is 10.7 Å². The lowest BCUT2D eigenvalue weighted by molar-refractivity contribution is 0.0972. The normalized spacial score (nSPS) is 11.1. The number of hydrogen-bond donors (Lipinski definition) is 3. The maximum atomic E-state index is 11.0. The Morgan fingerprint density at radius 1 is 1.36 bits per heavy atom. The van der Waals surface area contributed by atoms with Gasteiger partial charge in [0.25, 0.3) is 5.91 Å². The van der Waals surface area contributed by atoms with Gasteiger partial charge in [0.2, 0.25) is 0 Å². The van der Waals surface area contributed by atoms with Crippen LogP contribution in [0.5, 0.6) is 0 Å². The molecule has 25 heavy (non-hydrogen) atoms. The van der Waals surface area contributed by atoms with Crippen LogP contribution in [-0.2, 0) is 13.0 Å². The Balaban J connectivity index is 0.00000312. The number of aliphatic imine (C=N–C) groups is 1. The molecule has 4 N–H and O–H groups in total. The Kier molecular flexibility index (Phi) is 8.90. The number of nitrogens with two attached hydrogens (primary N) is 1. The largest absolute Gasteiger partial charge is 0.454 e. The van der Waals surface area contributed by atoms with Gasteiger partial charge in [-0.25, -0.2) is 9.98 Å². The summed E-state index contributed by atoms with van der Waals surface area (Å²) in [5.41, 5.74) is 6.26. The summed E-state index contributed by atoms with van der Waals surface area (Å²) in [5.74, 6) is 0.851. The highest BCUT2D eigenvalue weighted by atomic mass is 127. The number of rotatable bonds is 7. The van der Waals surface area contributed by atoms with Crippen LogP contribution in [-0.4, -0.2) is 29.9 Å². The average molecular weight is 477 g/mol. The van der Waals surface area contributed by atoms with Crippen LogP contribution in [0.25, 0.3) is 0 Å². The maximum absolute atomic E-state index is 11.0. The molecular weight excluding hydrogens is 453 g/mol. The number of nitrogens with one attached hydrogen (secondary N) is 2. The van der Waals surface area contributed by atoms with Gasteiger partial charge in [-0.05, 0) is 32.9 Å². The fraction of sp³-hybridized carbons (Fsp3) is 0.438. The van der Waals surface area contributed by atoms with Crippen molar-refractivity contribution in [3.05, 3.63) is 39.2 Å². The summed E-state index contributed by atoms with van der Waals surface area (Å²) in [6.45, 7) is 7.94. The zero-order chi connectivity index (χ0) is 17.5. The second-order valence-electron chi connectivity index (χ2n) is 5.25. The van der Waals surface area contributed by atoms with Crippen LogP contribution in [0, 0.1) is 13.8 Å². The molecule has 0 atom stereocenters. The first-order valence-electron chi connectivity index (χ1n) is 7.83. The monoisotopic (exact) mass is 477 g/mol. The standard InChI is InChI=1S/C16H23N5O2S.HI/c1-4-18-16(19-8-7-14-21-10(2)11(3)24-14)20-9-12-5-6-13(23-12)15(17)22;/h5-6H,4,7-9H2,1-3H3,(H2,17,22)(H2,18,19,20);1H. The Bertz CT molecular complexity index is 706. The van der Waals surface area contributed by atoms with E-state index < -0.39 is 5.91 Å². The first-order valence-corrected chi connectivity index (χ1v) is 8.64. The van der Waals surface area contributed by atoms with E-state index in [0.29, 0.717) is 18.3 Å². The third kappa shape index (κ3) is 6.65. The van der Waals surface area contributed by atoms with Crippen molar-refractivity contribution < 1.29 is 9.21 Å². The van der Waals surface area contributed by atoms with Crippen molar-refractivity contribution in [3.8, 4) is 0 Å². The lowest BCUT2D eigenvalue weighted by atomic mass is 10.4. The van der Waals surface area contributed by atoms with Crippen LogP contribution in [0.3, 0.4) is 0 Å². The molecule has 1 amide bonds. The summed E-state index contributed by atoms with van der Waals surface area (Å²) >= 11 is 1.72. The molecule has 2 rings (SSSR count). The van der Waals surface area contributed by atoms with Gasteiger partial charge in [0, 0.05) is 24.4 Å². The first-order chi connectivity index (χ1) is 11.5. The molecule has 0 aliphatic carbocycles. The molecule has 0 bridgehead atoms. The summed E-state index contributed by atoms with van der Waals surface area (Å²) in [4.78, 5) is 21.2. The van der Waals surface area contributed by atoms with E-state index in [1.54, 1.807) is 23.5 Å². The number of halogens is 1. The fourth-order valence-electron chi connectivity index (χ4n) is 2.03. The van der Waals surface area contributed by atoms with Crippen LogP contribution in [0.2, 0.25) is 0 Å². The van der Waals surface area contributed by atoms with Gasteiger partial charge in [0.1, 0.15) is 12.3 Å². The molecule has 9 heteroatoms. The van der Waals surface area contributed by atoms with Gasteiger partial charge in [-0.2, -0.15) is 0 Å². The predicted molar refractivity (Wildman–Crippen MR) is 111 cm³/mol. The number of nitrogens with zero attached hydrogens (tertiary/aromatic N) is 2. The SMILES string of the molecule is CCNC(=NCc1ccc(C(N)=O)o1)NCCc1nc(C)c(C)s1.I. The van der Waals surface area contributed by atoms with Gasteiger partial charge in [-0.1, -0.05) is 0 Å². The van der Waals surface area contributed by atoms with Crippen LogP contribution in [0.4, 0.5) is 0 Å². The van der Waals surface area contributed by atoms with Crippen molar-refractivity contribution in [2.45, 2.75) is 33.7 Å². The molecule has 0 radical (unpaired) electrons. The van der Waals surface area contributed by atoms with Crippen LogP contribution >= 0.6 is 35.3 Å². The quantitative estimate of drug-likeness (QED) is 0.323. The number of aryl methyl sites for hydroxylation is 2. The number of amides is 1. The molecule has 2 aromatic heterocycles. The molecule has 0 saturated heterocycles. The second-order valence-corrected chi connectivity index (χ2v) is 6.54. The highest BCUT2D eigenvalue weighted by molar-refractivity contribution is 14.0. The summed E-state index contributed by atoms with van der Waals surface area (Å²) in [6, 6.07) is 3.26. The second kappa shape index (κ2) is 10.4. The molecule has 0 aliphatic rings. The highest BCUT2D eigenvalue weighted by Gasteiger charge is 2.07. The van der Waals surface area contributed by atoms with E-state index in [9.17, 15) is 4.79 Å². The molecule has 0 fully saturated rings. The number of thiazole rings is 1. The molecule has 138 valence electrons. The summed E-state index contributed by atoms with van der Waals surface area (Å²) in [6.07, 6.45) is 0.844. The van der Waals surface area contributed by atoms with E-state index >= 15 is 0 Å². The number of primary amides is 1. The molecule has 0 saturated carbocycles. The van der Waals surface area contributed by atoms with Gasteiger partial charge in [0.15, 0.2) is 11.7 Å². The van der Waals surface area contributed by atoms with Crippen LogP contribution < -0.4 is 16.4 Å². The number of aromatic nitrogens is 1. The van der Waals surface area contributed by atoms with E-state index in [1.807, 2.05) is 13.8 Å². The van der Waals surface area contributed by atoms with E-state index in [-0.39, 0.29) is 29.7 Å². The zero-order valence-electron chi connectivity index (χ0n) is 14.6. The van der Waals surface area contributed by atoms with Crippen molar-refractivity contribution in [1.82, 2.24) is 15.6 Å². The van der Waals surface area contributed by atoms with E-state index in [2.05, 4.69) is 27.5 Å². The van der Waals surface area contributed by atoms with Gasteiger partial charge in [-0.15, -0.1) is 35.3 Å². The summed E-state index contributed by atoms with van der Waals surface area (Å²) in [5, 5.41) is 7.56. The molecule has 0 aromatic carbocycles. The minimum atomic E-state index is -0.579. The number of carbonyl (C=O) groups excluding carboxylic acids is 1. The Hall–Kier alpha value is -1.62. The van der Waals surface area contributed by atoms with Crippen LogP contribution in [0.15, 0.2) is 21.5 Å². The number of guanidine groups is 1. The molecule has 0 spiro atoms. The van der Waals surface area contributed by atoms with Gasteiger partial charge >= 0.3 is 0 Å². The molecule has 7 nitrogen and oxygen atoms in total. The van der Waals surface area contributed by atoms with Gasteiger partial charge in [-0.3, -0.25) is 4.79 Å². The smallest absolute Gasteiger partial charge is 0.284 e. The van der Waals surface area contributed by atoms with E-state index in [1.165, 1.54) is 4.88 Å².